The zero-order valence-corrected chi connectivity index (χ0v) is 18.2. The molecule has 0 bridgehead atoms. The monoisotopic (exact) mass is 456 g/mol. The summed E-state index contributed by atoms with van der Waals surface area (Å²) >= 11 is 0. The Balaban J connectivity index is 1.35. The highest BCUT2D eigenvalue weighted by Gasteiger charge is 2.29. The predicted octanol–water partition coefficient (Wildman–Crippen LogP) is 4.28. The van der Waals surface area contributed by atoms with Crippen LogP contribution in [0.4, 0.5) is 4.39 Å². The maximum Gasteiger partial charge on any atom is 0.255 e. The normalized spacial score (nSPS) is 15.7. The van der Waals surface area contributed by atoms with Gasteiger partial charge in [-0.3, -0.25) is 14.8 Å². The average Bonchev–Trinajstić information content (AvgIpc) is 2.90. The van der Waals surface area contributed by atoms with E-state index in [0.717, 1.165) is 24.0 Å². The van der Waals surface area contributed by atoms with Crippen LogP contribution in [0.15, 0.2) is 73.8 Å². The summed E-state index contributed by atoms with van der Waals surface area (Å²) in [6, 6.07) is 7.56. The zero-order chi connectivity index (χ0) is 23.3. The molecule has 9 heteroatoms. The van der Waals surface area contributed by atoms with Crippen LogP contribution in [-0.2, 0) is 0 Å². The van der Waals surface area contributed by atoms with Crippen LogP contribution in [0.1, 0.15) is 34.8 Å². The molecule has 170 valence electrons. The third-order valence-corrected chi connectivity index (χ3v) is 5.69. The highest BCUT2D eigenvalue weighted by molar-refractivity contribution is 5.95. The first kappa shape index (κ1) is 21.6. The molecule has 8 nitrogen and oxygen atoms in total. The largest absolute Gasteiger partial charge is 0.437 e. The van der Waals surface area contributed by atoms with Gasteiger partial charge >= 0.3 is 0 Å². The molecular formula is C25H21FN6O2. The topological polar surface area (TPSA) is 94.0 Å². The lowest BCUT2D eigenvalue weighted by Gasteiger charge is -2.32. The van der Waals surface area contributed by atoms with Gasteiger partial charge in [0.05, 0.1) is 5.56 Å². The van der Waals surface area contributed by atoms with Crippen molar-refractivity contribution in [1.82, 2.24) is 29.8 Å². The van der Waals surface area contributed by atoms with Gasteiger partial charge in [-0.05, 0) is 43.2 Å². The minimum Gasteiger partial charge on any atom is -0.437 e. The number of carbonyl (C=O) groups is 1. The maximum absolute atomic E-state index is 13.3. The van der Waals surface area contributed by atoms with Gasteiger partial charge in [-0.25, -0.2) is 19.3 Å². The van der Waals surface area contributed by atoms with Crippen molar-refractivity contribution < 1.29 is 13.9 Å². The van der Waals surface area contributed by atoms with E-state index in [9.17, 15) is 9.18 Å². The smallest absolute Gasteiger partial charge is 0.255 e. The lowest BCUT2D eigenvalue weighted by Crippen LogP contribution is -2.39. The Bertz CT molecular complexity index is 1290. The SMILES string of the molecule is O=C(c1cncc(-c2cncnc2)c1)N1CCC[C@@H](c2nccnc2Oc2ccc(F)cc2)C1. The molecule has 0 saturated carbocycles. The van der Waals surface area contributed by atoms with Gasteiger partial charge in [0, 0.05) is 67.3 Å². The standard InChI is InChI=1S/C25H21FN6O2/c26-21-3-5-22(6-4-21)34-24-23(30-7-8-31-24)17-2-1-9-32(15-17)25(33)19-10-18(11-27-12-19)20-13-28-16-29-14-20/h3-8,10-14,16-17H,1-2,9,15H2/t17-/m1/s1. The van der Waals surface area contributed by atoms with E-state index in [1.807, 2.05) is 11.0 Å². The number of pyridine rings is 1. The summed E-state index contributed by atoms with van der Waals surface area (Å²) in [5.41, 5.74) is 2.76. The Hall–Kier alpha value is -4.27. The van der Waals surface area contributed by atoms with E-state index < -0.39 is 0 Å². The fourth-order valence-corrected chi connectivity index (χ4v) is 4.04. The molecule has 0 unspecified atom stereocenters. The van der Waals surface area contributed by atoms with Crippen LogP contribution in [0.5, 0.6) is 11.6 Å². The summed E-state index contributed by atoms with van der Waals surface area (Å²) < 4.78 is 19.1. The second kappa shape index (κ2) is 9.70. The van der Waals surface area contributed by atoms with Gasteiger partial charge in [0.25, 0.3) is 5.91 Å². The van der Waals surface area contributed by atoms with E-state index >= 15 is 0 Å². The molecular weight excluding hydrogens is 435 g/mol. The summed E-state index contributed by atoms with van der Waals surface area (Å²) in [6.07, 6.45) is 12.9. The van der Waals surface area contributed by atoms with Crippen LogP contribution < -0.4 is 4.74 Å². The maximum atomic E-state index is 13.3. The number of amides is 1. The first-order valence-electron chi connectivity index (χ1n) is 10.9. The number of rotatable bonds is 5. The quantitative estimate of drug-likeness (QED) is 0.442. The van der Waals surface area contributed by atoms with E-state index in [1.54, 1.807) is 49.3 Å². The number of halogens is 1. The first-order valence-corrected chi connectivity index (χ1v) is 10.9. The van der Waals surface area contributed by atoms with Crippen molar-refractivity contribution in [3.8, 4) is 22.8 Å². The minimum atomic E-state index is -0.341. The van der Waals surface area contributed by atoms with E-state index in [4.69, 9.17) is 4.74 Å². The Kier molecular flexibility index (Phi) is 6.15. The number of ether oxygens (including phenoxy) is 1. The van der Waals surface area contributed by atoms with Crippen molar-refractivity contribution in [3.63, 3.8) is 0 Å². The molecule has 4 heterocycles. The van der Waals surface area contributed by atoms with Crippen LogP contribution in [0.3, 0.4) is 0 Å². The van der Waals surface area contributed by atoms with Crippen molar-refractivity contribution in [2.24, 2.45) is 0 Å². The molecule has 4 aromatic rings. The lowest BCUT2D eigenvalue weighted by atomic mass is 9.94. The molecule has 0 N–H and O–H groups in total. The van der Waals surface area contributed by atoms with Crippen molar-refractivity contribution in [2.45, 2.75) is 18.8 Å². The van der Waals surface area contributed by atoms with Crippen molar-refractivity contribution in [1.29, 1.82) is 0 Å². The molecule has 0 radical (unpaired) electrons. The van der Waals surface area contributed by atoms with Crippen LogP contribution in [0.25, 0.3) is 11.1 Å². The number of hydrogen-bond donors (Lipinski definition) is 0. The third kappa shape index (κ3) is 4.73. The van der Waals surface area contributed by atoms with Crippen LogP contribution in [0, 0.1) is 5.82 Å². The summed E-state index contributed by atoms with van der Waals surface area (Å²) in [6.45, 7) is 1.12. The highest BCUT2D eigenvalue weighted by Crippen LogP contribution is 2.33. The number of nitrogens with zero attached hydrogens (tertiary/aromatic N) is 6. The Labute approximate surface area is 195 Å². The highest BCUT2D eigenvalue weighted by atomic mass is 19.1. The third-order valence-electron chi connectivity index (χ3n) is 5.69. The Morgan fingerprint density at radius 3 is 2.56 bits per heavy atom. The van der Waals surface area contributed by atoms with E-state index in [2.05, 4.69) is 24.9 Å². The molecule has 1 amide bonds. The Morgan fingerprint density at radius 1 is 0.971 bits per heavy atom. The number of likely N-dealkylation sites (tertiary alicyclic amines) is 1. The van der Waals surface area contributed by atoms with Crippen LogP contribution in [-0.4, -0.2) is 48.8 Å². The molecule has 1 atom stereocenters. The van der Waals surface area contributed by atoms with Crippen LogP contribution in [0.2, 0.25) is 0 Å². The molecule has 34 heavy (non-hydrogen) atoms. The Morgan fingerprint density at radius 2 is 1.74 bits per heavy atom. The molecule has 3 aromatic heterocycles. The van der Waals surface area contributed by atoms with Crippen molar-refractivity contribution in [3.05, 3.63) is 90.9 Å². The van der Waals surface area contributed by atoms with E-state index in [1.165, 1.54) is 18.5 Å². The van der Waals surface area contributed by atoms with Gasteiger partial charge in [0.15, 0.2) is 0 Å². The average molecular weight is 456 g/mol. The fraction of sp³-hybridized carbons (Fsp3) is 0.200. The van der Waals surface area contributed by atoms with E-state index in [-0.39, 0.29) is 17.6 Å². The second-order valence-corrected chi connectivity index (χ2v) is 7.98. The van der Waals surface area contributed by atoms with Crippen molar-refractivity contribution in [2.75, 3.05) is 13.1 Å². The number of benzene rings is 1. The van der Waals surface area contributed by atoms with Crippen LogP contribution >= 0.6 is 0 Å². The molecule has 0 spiro atoms. The molecule has 0 aliphatic carbocycles. The van der Waals surface area contributed by atoms with Crippen molar-refractivity contribution >= 4 is 5.91 Å². The van der Waals surface area contributed by atoms with E-state index in [0.29, 0.717) is 36.0 Å². The summed E-state index contributed by atoms with van der Waals surface area (Å²) in [7, 11) is 0. The van der Waals surface area contributed by atoms with Gasteiger partial charge < -0.3 is 9.64 Å². The summed E-state index contributed by atoms with van der Waals surface area (Å²) in [4.78, 5) is 36.3. The minimum absolute atomic E-state index is 0.0412. The second-order valence-electron chi connectivity index (χ2n) is 7.98. The molecule has 1 fully saturated rings. The summed E-state index contributed by atoms with van der Waals surface area (Å²) in [5.74, 6) is 0.355. The number of piperidine rings is 1. The first-order chi connectivity index (χ1) is 16.7. The fourth-order valence-electron chi connectivity index (χ4n) is 4.04. The number of hydrogen-bond acceptors (Lipinski definition) is 7. The molecule has 1 saturated heterocycles. The molecule has 1 aliphatic heterocycles. The predicted molar refractivity (Wildman–Crippen MR) is 122 cm³/mol. The molecule has 1 aliphatic rings. The zero-order valence-electron chi connectivity index (χ0n) is 18.2. The summed E-state index contributed by atoms with van der Waals surface area (Å²) in [5, 5.41) is 0. The van der Waals surface area contributed by atoms with Gasteiger partial charge in [-0.2, -0.15) is 0 Å². The number of aromatic nitrogens is 5. The van der Waals surface area contributed by atoms with Gasteiger partial charge in [-0.1, -0.05) is 0 Å². The van der Waals surface area contributed by atoms with Gasteiger partial charge in [-0.15, -0.1) is 0 Å². The number of carbonyl (C=O) groups excluding carboxylic acids is 1. The molecule has 1 aromatic carbocycles. The van der Waals surface area contributed by atoms with Gasteiger partial charge in [0.1, 0.15) is 23.6 Å². The lowest BCUT2D eigenvalue weighted by molar-refractivity contribution is 0.0704. The van der Waals surface area contributed by atoms with Gasteiger partial charge in [0.2, 0.25) is 5.88 Å². The molecule has 5 rings (SSSR count).